The maximum absolute atomic E-state index is 12.2. The standard InChI is InChI=1S/C18H13BrClN3O/c19-15-7-6-13(16(20)8-15)9-23-18(24)14-10-21-17(22-11-14)12-4-2-1-3-5-12/h1-8,10-11H,9H2,(H,23,24). The van der Waals surface area contributed by atoms with Crippen LogP contribution in [0, 0.1) is 0 Å². The number of benzene rings is 2. The fourth-order valence-electron chi connectivity index (χ4n) is 2.12. The van der Waals surface area contributed by atoms with Gasteiger partial charge in [0.2, 0.25) is 0 Å². The molecule has 0 aliphatic heterocycles. The molecule has 24 heavy (non-hydrogen) atoms. The lowest BCUT2D eigenvalue weighted by Crippen LogP contribution is -2.23. The van der Waals surface area contributed by atoms with Crippen molar-refractivity contribution in [3.63, 3.8) is 0 Å². The molecule has 120 valence electrons. The zero-order valence-corrected chi connectivity index (χ0v) is 14.9. The molecule has 0 saturated heterocycles. The van der Waals surface area contributed by atoms with Crippen LogP contribution in [0.3, 0.4) is 0 Å². The van der Waals surface area contributed by atoms with E-state index in [1.807, 2.05) is 42.5 Å². The first kappa shape index (κ1) is 16.6. The van der Waals surface area contributed by atoms with Crippen LogP contribution in [0.2, 0.25) is 5.02 Å². The van der Waals surface area contributed by atoms with E-state index in [1.165, 1.54) is 12.4 Å². The van der Waals surface area contributed by atoms with E-state index in [0.29, 0.717) is 23.0 Å². The Kier molecular flexibility index (Phi) is 5.23. The van der Waals surface area contributed by atoms with Crippen LogP contribution in [0.4, 0.5) is 0 Å². The fraction of sp³-hybridized carbons (Fsp3) is 0.0556. The summed E-state index contributed by atoms with van der Waals surface area (Å²) in [5.74, 6) is 0.344. The van der Waals surface area contributed by atoms with E-state index in [-0.39, 0.29) is 5.91 Å². The summed E-state index contributed by atoms with van der Waals surface area (Å²) in [7, 11) is 0. The molecule has 3 aromatic rings. The van der Waals surface area contributed by atoms with Crippen molar-refractivity contribution in [2.45, 2.75) is 6.54 Å². The molecule has 6 heteroatoms. The number of halogens is 2. The van der Waals surface area contributed by atoms with Crippen LogP contribution < -0.4 is 5.32 Å². The molecule has 0 aliphatic rings. The number of carbonyl (C=O) groups excluding carboxylic acids is 1. The Morgan fingerprint density at radius 2 is 1.79 bits per heavy atom. The van der Waals surface area contributed by atoms with Gasteiger partial charge < -0.3 is 5.32 Å². The summed E-state index contributed by atoms with van der Waals surface area (Å²) in [5.41, 5.74) is 2.16. The normalized spacial score (nSPS) is 10.4. The van der Waals surface area contributed by atoms with Crippen LogP contribution in [0.1, 0.15) is 15.9 Å². The van der Waals surface area contributed by atoms with Crippen molar-refractivity contribution < 1.29 is 4.79 Å². The van der Waals surface area contributed by atoms with Gasteiger partial charge in [0, 0.05) is 34.0 Å². The Morgan fingerprint density at radius 1 is 1.08 bits per heavy atom. The fourth-order valence-corrected chi connectivity index (χ4v) is 2.86. The molecule has 3 rings (SSSR count). The van der Waals surface area contributed by atoms with Gasteiger partial charge in [-0.25, -0.2) is 9.97 Å². The maximum atomic E-state index is 12.2. The summed E-state index contributed by atoms with van der Waals surface area (Å²) in [5, 5.41) is 3.41. The van der Waals surface area contributed by atoms with E-state index >= 15 is 0 Å². The Balaban J connectivity index is 1.67. The Morgan fingerprint density at radius 3 is 2.46 bits per heavy atom. The average molecular weight is 403 g/mol. The molecule has 0 unspecified atom stereocenters. The van der Waals surface area contributed by atoms with Crippen LogP contribution in [0.5, 0.6) is 0 Å². The number of rotatable bonds is 4. The monoisotopic (exact) mass is 401 g/mol. The van der Waals surface area contributed by atoms with Crippen LogP contribution in [-0.4, -0.2) is 15.9 Å². The number of aromatic nitrogens is 2. The van der Waals surface area contributed by atoms with E-state index in [4.69, 9.17) is 11.6 Å². The van der Waals surface area contributed by atoms with Crippen molar-refractivity contribution in [3.8, 4) is 11.4 Å². The lowest BCUT2D eigenvalue weighted by atomic mass is 10.2. The molecular weight excluding hydrogens is 390 g/mol. The van der Waals surface area contributed by atoms with Gasteiger partial charge in [0.15, 0.2) is 5.82 Å². The van der Waals surface area contributed by atoms with E-state index < -0.39 is 0 Å². The van der Waals surface area contributed by atoms with Gasteiger partial charge in [0.1, 0.15) is 0 Å². The van der Waals surface area contributed by atoms with Gasteiger partial charge in [-0.05, 0) is 17.7 Å². The van der Waals surface area contributed by atoms with Gasteiger partial charge in [-0.1, -0.05) is 63.9 Å². The van der Waals surface area contributed by atoms with E-state index in [0.717, 1.165) is 15.6 Å². The Bertz CT molecular complexity index is 854. The topological polar surface area (TPSA) is 54.9 Å². The molecule has 0 bridgehead atoms. The molecule has 0 fully saturated rings. The molecule has 1 heterocycles. The van der Waals surface area contributed by atoms with Gasteiger partial charge in [-0.3, -0.25) is 4.79 Å². The minimum absolute atomic E-state index is 0.242. The summed E-state index contributed by atoms with van der Waals surface area (Å²) >= 11 is 9.49. The summed E-state index contributed by atoms with van der Waals surface area (Å²) < 4.78 is 0.896. The SMILES string of the molecule is O=C(NCc1ccc(Br)cc1Cl)c1cnc(-c2ccccc2)nc1. The van der Waals surface area contributed by atoms with Gasteiger partial charge in [-0.2, -0.15) is 0 Å². The van der Waals surface area contributed by atoms with Crippen molar-refractivity contribution in [3.05, 3.63) is 81.5 Å². The predicted octanol–water partition coefficient (Wildman–Crippen LogP) is 4.49. The predicted molar refractivity (Wildman–Crippen MR) is 97.8 cm³/mol. The van der Waals surface area contributed by atoms with Gasteiger partial charge >= 0.3 is 0 Å². The number of hydrogen-bond donors (Lipinski definition) is 1. The number of nitrogens with one attached hydrogen (secondary N) is 1. The minimum atomic E-state index is -0.242. The smallest absolute Gasteiger partial charge is 0.254 e. The second-order valence-corrected chi connectivity index (χ2v) is 6.40. The van der Waals surface area contributed by atoms with Crippen LogP contribution in [0.25, 0.3) is 11.4 Å². The lowest BCUT2D eigenvalue weighted by molar-refractivity contribution is 0.0950. The van der Waals surface area contributed by atoms with E-state index in [2.05, 4.69) is 31.2 Å². The second-order valence-electron chi connectivity index (χ2n) is 5.08. The summed E-state index contributed by atoms with van der Waals surface area (Å²) in [6, 6.07) is 15.1. The molecule has 1 N–H and O–H groups in total. The molecule has 1 amide bonds. The third-order valence-electron chi connectivity index (χ3n) is 3.40. The number of amides is 1. The maximum Gasteiger partial charge on any atom is 0.254 e. The van der Waals surface area contributed by atoms with Crippen molar-refractivity contribution >= 4 is 33.4 Å². The first-order valence-corrected chi connectivity index (χ1v) is 8.40. The van der Waals surface area contributed by atoms with E-state index in [1.54, 1.807) is 6.07 Å². The molecule has 0 radical (unpaired) electrons. The van der Waals surface area contributed by atoms with Crippen molar-refractivity contribution in [1.29, 1.82) is 0 Å². The number of hydrogen-bond acceptors (Lipinski definition) is 3. The molecule has 4 nitrogen and oxygen atoms in total. The highest BCUT2D eigenvalue weighted by Gasteiger charge is 2.09. The summed E-state index contributed by atoms with van der Waals surface area (Å²) in [4.78, 5) is 20.7. The highest BCUT2D eigenvalue weighted by atomic mass is 79.9. The zero-order chi connectivity index (χ0) is 16.9. The number of carbonyl (C=O) groups is 1. The van der Waals surface area contributed by atoms with Gasteiger partial charge in [-0.15, -0.1) is 0 Å². The summed E-state index contributed by atoms with van der Waals surface area (Å²) in [6.07, 6.45) is 3.04. The zero-order valence-electron chi connectivity index (χ0n) is 12.5. The van der Waals surface area contributed by atoms with Gasteiger partial charge in [0.25, 0.3) is 5.91 Å². The molecule has 0 atom stereocenters. The van der Waals surface area contributed by atoms with Crippen molar-refractivity contribution in [2.24, 2.45) is 0 Å². The molecule has 0 aliphatic carbocycles. The molecule has 2 aromatic carbocycles. The molecule has 1 aromatic heterocycles. The Hall–Kier alpha value is -2.24. The van der Waals surface area contributed by atoms with Gasteiger partial charge in [0.05, 0.1) is 5.56 Å². The molecule has 0 saturated carbocycles. The van der Waals surface area contributed by atoms with Crippen molar-refractivity contribution in [2.75, 3.05) is 0 Å². The molecular formula is C18H13BrClN3O. The summed E-state index contributed by atoms with van der Waals surface area (Å²) in [6.45, 7) is 0.339. The van der Waals surface area contributed by atoms with E-state index in [9.17, 15) is 4.79 Å². The average Bonchev–Trinajstić information content (AvgIpc) is 2.62. The van der Waals surface area contributed by atoms with Crippen LogP contribution in [-0.2, 0) is 6.54 Å². The second kappa shape index (κ2) is 7.55. The minimum Gasteiger partial charge on any atom is -0.348 e. The largest absolute Gasteiger partial charge is 0.348 e. The third kappa shape index (κ3) is 3.99. The Labute approximate surface area is 153 Å². The van der Waals surface area contributed by atoms with Crippen molar-refractivity contribution in [1.82, 2.24) is 15.3 Å². The first-order chi connectivity index (χ1) is 11.6. The van der Waals surface area contributed by atoms with Crippen LogP contribution in [0.15, 0.2) is 65.4 Å². The first-order valence-electron chi connectivity index (χ1n) is 7.23. The highest BCUT2D eigenvalue weighted by molar-refractivity contribution is 9.10. The van der Waals surface area contributed by atoms with Crippen LogP contribution >= 0.6 is 27.5 Å². The lowest BCUT2D eigenvalue weighted by Gasteiger charge is -2.07. The quantitative estimate of drug-likeness (QED) is 0.699. The number of nitrogens with zero attached hydrogens (tertiary/aromatic N) is 2. The third-order valence-corrected chi connectivity index (χ3v) is 4.25. The highest BCUT2D eigenvalue weighted by Crippen LogP contribution is 2.21. The molecule has 0 spiro atoms.